The fourth-order valence-electron chi connectivity index (χ4n) is 3.56. The van der Waals surface area contributed by atoms with Gasteiger partial charge in [0.05, 0.1) is 22.8 Å². The second-order valence-corrected chi connectivity index (χ2v) is 6.80. The lowest BCUT2D eigenvalue weighted by Gasteiger charge is -2.06. The number of fused-ring (bicyclic) bond motifs is 1. The van der Waals surface area contributed by atoms with E-state index in [-0.39, 0.29) is 5.75 Å². The second-order valence-electron chi connectivity index (χ2n) is 6.80. The van der Waals surface area contributed by atoms with E-state index in [1.165, 1.54) is 0 Å². The summed E-state index contributed by atoms with van der Waals surface area (Å²) >= 11 is 0. The van der Waals surface area contributed by atoms with Crippen molar-refractivity contribution >= 4 is 5.65 Å². The third-order valence-corrected chi connectivity index (χ3v) is 5.00. The molecule has 0 aliphatic heterocycles. The van der Waals surface area contributed by atoms with Crippen LogP contribution in [0.15, 0.2) is 85.2 Å². The van der Waals surface area contributed by atoms with Crippen LogP contribution in [0.3, 0.4) is 0 Å². The third kappa shape index (κ3) is 2.93. The fraction of sp³-hybridized carbons (Fsp3) is 0.0417. The number of pyridine rings is 3. The highest BCUT2D eigenvalue weighted by molar-refractivity contribution is 5.81. The molecule has 1 aromatic carbocycles. The number of hydrogen-bond donors (Lipinski definition) is 1. The van der Waals surface area contributed by atoms with Crippen LogP contribution >= 0.6 is 0 Å². The molecule has 5 aromatic rings. The summed E-state index contributed by atoms with van der Waals surface area (Å²) in [7, 11) is 0. The number of para-hydroxylation sites is 1. The number of nitrogens with zero attached hydrogens (tertiary/aromatic N) is 4. The fourth-order valence-corrected chi connectivity index (χ4v) is 3.56. The zero-order chi connectivity index (χ0) is 19.8. The van der Waals surface area contributed by atoms with E-state index < -0.39 is 0 Å². The molecule has 5 heteroatoms. The van der Waals surface area contributed by atoms with Gasteiger partial charge in [-0.2, -0.15) is 0 Å². The number of phenols is 1. The van der Waals surface area contributed by atoms with Crippen molar-refractivity contribution in [3.05, 3.63) is 90.9 Å². The van der Waals surface area contributed by atoms with Crippen LogP contribution < -0.4 is 0 Å². The molecule has 0 saturated heterocycles. The van der Waals surface area contributed by atoms with Crippen molar-refractivity contribution in [3.8, 4) is 39.7 Å². The first-order chi connectivity index (χ1) is 14.2. The predicted octanol–water partition coefficient (Wildman–Crippen LogP) is 5.14. The van der Waals surface area contributed by atoms with Gasteiger partial charge in [0.2, 0.25) is 0 Å². The van der Waals surface area contributed by atoms with Crippen LogP contribution in [0.5, 0.6) is 5.75 Å². The molecule has 0 unspecified atom stereocenters. The van der Waals surface area contributed by atoms with Gasteiger partial charge in [0, 0.05) is 29.2 Å². The lowest BCUT2D eigenvalue weighted by atomic mass is 10.1. The van der Waals surface area contributed by atoms with Gasteiger partial charge in [0.25, 0.3) is 0 Å². The lowest BCUT2D eigenvalue weighted by molar-refractivity contribution is 0.477. The lowest BCUT2D eigenvalue weighted by Crippen LogP contribution is -1.93. The van der Waals surface area contributed by atoms with E-state index in [1.54, 1.807) is 12.3 Å². The molecule has 0 aliphatic carbocycles. The molecule has 140 valence electrons. The maximum Gasteiger partial charge on any atom is 0.147 e. The third-order valence-electron chi connectivity index (χ3n) is 5.00. The van der Waals surface area contributed by atoms with Crippen LogP contribution in [0.4, 0.5) is 0 Å². The summed E-state index contributed by atoms with van der Waals surface area (Å²) in [5, 5.41) is 10.3. The highest BCUT2D eigenvalue weighted by Crippen LogP contribution is 2.33. The number of aromatic nitrogens is 4. The SMILES string of the molecule is Cc1c(-c2ccccc2O)nc2c(-c3cccc(-c4ccccn4)n3)cccn12. The number of aromatic hydroxyl groups is 1. The van der Waals surface area contributed by atoms with E-state index in [0.717, 1.165) is 45.2 Å². The molecular weight excluding hydrogens is 360 g/mol. The molecule has 1 N–H and O–H groups in total. The molecular formula is C24H18N4O. The molecule has 0 radical (unpaired) electrons. The average molecular weight is 378 g/mol. The van der Waals surface area contributed by atoms with Crippen molar-refractivity contribution in [2.45, 2.75) is 6.92 Å². The molecule has 5 rings (SSSR count). The Hall–Kier alpha value is -3.99. The summed E-state index contributed by atoms with van der Waals surface area (Å²) < 4.78 is 2.03. The summed E-state index contributed by atoms with van der Waals surface area (Å²) in [6.07, 6.45) is 3.74. The molecule has 0 bridgehead atoms. The van der Waals surface area contributed by atoms with E-state index in [9.17, 15) is 5.11 Å². The minimum atomic E-state index is 0.218. The smallest absolute Gasteiger partial charge is 0.147 e. The number of hydrogen-bond acceptors (Lipinski definition) is 4. The van der Waals surface area contributed by atoms with Gasteiger partial charge in [-0.05, 0) is 55.5 Å². The highest BCUT2D eigenvalue weighted by Gasteiger charge is 2.17. The Bertz CT molecular complexity index is 1330. The van der Waals surface area contributed by atoms with E-state index in [2.05, 4.69) is 4.98 Å². The predicted molar refractivity (Wildman–Crippen MR) is 113 cm³/mol. The maximum atomic E-state index is 10.3. The quantitative estimate of drug-likeness (QED) is 0.472. The Labute approximate surface area is 168 Å². The Morgan fingerprint density at radius 2 is 1.48 bits per heavy atom. The van der Waals surface area contributed by atoms with Crippen molar-refractivity contribution in [1.82, 2.24) is 19.4 Å². The van der Waals surface area contributed by atoms with Crippen LogP contribution in [-0.4, -0.2) is 24.5 Å². The number of rotatable bonds is 3. The van der Waals surface area contributed by atoms with Crippen molar-refractivity contribution < 1.29 is 5.11 Å². The zero-order valence-corrected chi connectivity index (χ0v) is 15.8. The largest absolute Gasteiger partial charge is 0.507 e. The number of imidazole rings is 1. The molecule has 0 spiro atoms. The second kappa shape index (κ2) is 6.87. The van der Waals surface area contributed by atoms with E-state index >= 15 is 0 Å². The summed E-state index contributed by atoms with van der Waals surface area (Å²) in [5.41, 5.74) is 6.64. The van der Waals surface area contributed by atoms with Gasteiger partial charge in [-0.3, -0.25) is 4.98 Å². The monoisotopic (exact) mass is 378 g/mol. The Morgan fingerprint density at radius 1 is 0.724 bits per heavy atom. The van der Waals surface area contributed by atoms with Crippen molar-refractivity contribution in [3.63, 3.8) is 0 Å². The molecule has 5 nitrogen and oxygen atoms in total. The van der Waals surface area contributed by atoms with Gasteiger partial charge in [-0.25, -0.2) is 9.97 Å². The number of phenolic OH excluding ortho intramolecular Hbond substituents is 1. The van der Waals surface area contributed by atoms with Crippen molar-refractivity contribution in [2.75, 3.05) is 0 Å². The van der Waals surface area contributed by atoms with Crippen LogP contribution in [0, 0.1) is 6.92 Å². The first-order valence-electron chi connectivity index (χ1n) is 9.37. The molecule has 0 saturated carbocycles. The standard InChI is InChI=1S/C24H18N4O/c1-16-23(18-8-2-3-13-22(18)29)27-24-17(9-7-15-28(16)24)19-11-6-12-21(26-19)20-10-4-5-14-25-20/h2-15,29H,1H3. The summed E-state index contributed by atoms with van der Waals surface area (Å²) in [4.78, 5) is 14.1. The van der Waals surface area contributed by atoms with Crippen molar-refractivity contribution in [1.29, 1.82) is 0 Å². The van der Waals surface area contributed by atoms with E-state index in [1.807, 2.05) is 84.3 Å². The summed E-state index contributed by atoms with van der Waals surface area (Å²) in [5.74, 6) is 0.218. The van der Waals surface area contributed by atoms with Gasteiger partial charge >= 0.3 is 0 Å². The first-order valence-corrected chi connectivity index (χ1v) is 9.37. The number of benzene rings is 1. The molecule has 4 aromatic heterocycles. The first kappa shape index (κ1) is 17.1. The summed E-state index contributed by atoms with van der Waals surface area (Å²) in [6.45, 7) is 2.00. The van der Waals surface area contributed by atoms with E-state index in [0.29, 0.717) is 0 Å². The molecule has 0 amide bonds. The maximum absolute atomic E-state index is 10.3. The molecule has 0 fully saturated rings. The topological polar surface area (TPSA) is 63.3 Å². The molecule has 0 aliphatic rings. The minimum absolute atomic E-state index is 0.218. The van der Waals surface area contributed by atoms with Gasteiger partial charge in [0.1, 0.15) is 11.4 Å². The van der Waals surface area contributed by atoms with Gasteiger partial charge < -0.3 is 9.51 Å². The highest BCUT2D eigenvalue weighted by atomic mass is 16.3. The van der Waals surface area contributed by atoms with Crippen LogP contribution in [0.2, 0.25) is 0 Å². The summed E-state index contributed by atoms with van der Waals surface area (Å²) in [6, 6.07) is 23.0. The Kier molecular flexibility index (Phi) is 4.06. The molecule has 29 heavy (non-hydrogen) atoms. The van der Waals surface area contributed by atoms with Crippen LogP contribution in [-0.2, 0) is 0 Å². The molecule has 0 atom stereocenters. The molecule has 4 heterocycles. The van der Waals surface area contributed by atoms with E-state index in [4.69, 9.17) is 9.97 Å². The average Bonchev–Trinajstić information content (AvgIpc) is 3.11. The zero-order valence-electron chi connectivity index (χ0n) is 15.8. The van der Waals surface area contributed by atoms with Crippen molar-refractivity contribution in [2.24, 2.45) is 0 Å². The number of aryl methyl sites for hydroxylation is 1. The van der Waals surface area contributed by atoms with Gasteiger partial charge in [-0.1, -0.05) is 24.3 Å². The Morgan fingerprint density at radius 3 is 2.31 bits per heavy atom. The van der Waals surface area contributed by atoms with Crippen LogP contribution in [0.25, 0.3) is 39.5 Å². The normalized spacial score (nSPS) is 11.1. The Balaban J connectivity index is 1.69. The van der Waals surface area contributed by atoms with Gasteiger partial charge in [0.15, 0.2) is 0 Å². The van der Waals surface area contributed by atoms with Crippen LogP contribution in [0.1, 0.15) is 5.69 Å². The van der Waals surface area contributed by atoms with Gasteiger partial charge in [-0.15, -0.1) is 0 Å². The minimum Gasteiger partial charge on any atom is -0.507 e.